The largest absolute Gasteiger partial charge is 0.330 e. The standard InChI is InChI=1S/C10H11ClN4/c11-8-2-1-3-10(6-8)15-7-9(4-5-12)13-14-15/h1-3,6-7H,4-5,12H2. The summed E-state index contributed by atoms with van der Waals surface area (Å²) in [7, 11) is 0. The molecule has 0 aliphatic heterocycles. The molecule has 0 aliphatic carbocycles. The Morgan fingerprint density at radius 1 is 1.40 bits per heavy atom. The van der Waals surface area contributed by atoms with E-state index in [2.05, 4.69) is 10.3 Å². The molecule has 0 radical (unpaired) electrons. The SMILES string of the molecule is NCCc1cn(-c2cccc(Cl)c2)nn1. The first-order valence-electron chi connectivity index (χ1n) is 4.67. The maximum atomic E-state index is 5.88. The molecule has 2 aromatic rings. The minimum absolute atomic E-state index is 0.578. The minimum atomic E-state index is 0.578. The van der Waals surface area contributed by atoms with Gasteiger partial charge in [-0.05, 0) is 24.7 Å². The molecule has 0 saturated heterocycles. The number of nitrogens with two attached hydrogens (primary N) is 1. The van der Waals surface area contributed by atoms with E-state index < -0.39 is 0 Å². The van der Waals surface area contributed by atoms with Gasteiger partial charge in [-0.15, -0.1) is 5.10 Å². The van der Waals surface area contributed by atoms with Gasteiger partial charge in [0.15, 0.2) is 0 Å². The molecule has 4 nitrogen and oxygen atoms in total. The molecule has 0 bridgehead atoms. The lowest BCUT2D eigenvalue weighted by atomic mass is 10.3. The maximum Gasteiger partial charge on any atom is 0.0844 e. The van der Waals surface area contributed by atoms with Crippen molar-refractivity contribution in [1.82, 2.24) is 15.0 Å². The van der Waals surface area contributed by atoms with Crippen LogP contribution in [0.15, 0.2) is 30.5 Å². The van der Waals surface area contributed by atoms with E-state index in [0.717, 1.165) is 17.8 Å². The second kappa shape index (κ2) is 4.42. The molecule has 0 amide bonds. The highest BCUT2D eigenvalue weighted by molar-refractivity contribution is 6.30. The molecule has 0 fully saturated rings. The van der Waals surface area contributed by atoms with Crippen LogP contribution in [0.3, 0.4) is 0 Å². The highest BCUT2D eigenvalue weighted by atomic mass is 35.5. The molecule has 1 aromatic carbocycles. The molecule has 5 heteroatoms. The van der Waals surface area contributed by atoms with Gasteiger partial charge < -0.3 is 5.73 Å². The van der Waals surface area contributed by atoms with Crippen molar-refractivity contribution in [3.63, 3.8) is 0 Å². The lowest BCUT2D eigenvalue weighted by molar-refractivity contribution is 0.795. The smallest absolute Gasteiger partial charge is 0.0844 e. The van der Waals surface area contributed by atoms with Crippen LogP contribution < -0.4 is 5.73 Å². The van der Waals surface area contributed by atoms with Crippen LogP contribution >= 0.6 is 11.6 Å². The van der Waals surface area contributed by atoms with E-state index in [0.29, 0.717) is 11.6 Å². The minimum Gasteiger partial charge on any atom is -0.330 e. The topological polar surface area (TPSA) is 56.7 Å². The number of halogens is 1. The van der Waals surface area contributed by atoms with E-state index in [1.807, 2.05) is 30.5 Å². The molecule has 0 unspecified atom stereocenters. The van der Waals surface area contributed by atoms with Crippen LogP contribution in [0.5, 0.6) is 0 Å². The number of rotatable bonds is 3. The fourth-order valence-corrected chi connectivity index (χ4v) is 1.49. The van der Waals surface area contributed by atoms with Crippen LogP contribution in [-0.4, -0.2) is 21.5 Å². The van der Waals surface area contributed by atoms with E-state index in [-0.39, 0.29) is 0 Å². The van der Waals surface area contributed by atoms with E-state index in [4.69, 9.17) is 17.3 Å². The Bertz CT molecular complexity index is 452. The van der Waals surface area contributed by atoms with Gasteiger partial charge in [0.2, 0.25) is 0 Å². The molecule has 0 saturated carbocycles. The molecule has 1 heterocycles. The van der Waals surface area contributed by atoms with Gasteiger partial charge in [-0.1, -0.05) is 22.9 Å². The predicted octanol–water partition coefficient (Wildman–Crippen LogP) is 1.42. The lowest BCUT2D eigenvalue weighted by Crippen LogP contribution is -2.02. The fraction of sp³-hybridized carbons (Fsp3) is 0.200. The molecule has 2 rings (SSSR count). The van der Waals surface area contributed by atoms with Gasteiger partial charge in [-0.25, -0.2) is 4.68 Å². The van der Waals surface area contributed by atoms with Gasteiger partial charge in [0.1, 0.15) is 0 Å². The first kappa shape index (κ1) is 10.1. The zero-order valence-electron chi connectivity index (χ0n) is 8.10. The number of aromatic nitrogens is 3. The monoisotopic (exact) mass is 222 g/mol. The Morgan fingerprint density at radius 3 is 3.00 bits per heavy atom. The Hall–Kier alpha value is -1.39. The summed E-state index contributed by atoms with van der Waals surface area (Å²) in [5.41, 5.74) is 7.22. The van der Waals surface area contributed by atoms with Crippen LogP contribution in [0, 0.1) is 0 Å². The highest BCUT2D eigenvalue weighted by Gasteiger charge is 2.01. The van der Waals surface area contributed by atoms with Crippen molar-refractivity contribution in [2.24, 2.45) is 5.73 Å². The van der Waals surface area contributed by atoms with Gasteiger partial charge in [0.05, 0.1) is 17.6 Å². The number of hydrogen-bond acceptors (Lipinski definition) is 3. The third kappa shape index (κ3) is 2.34. The van der Waals surface area contributed by atoms with Crippen LogP contribution in [0.2, 0.25) is 5.02 Å². The highest BCUT2D eigenvalue weighted by Crippen LogP contribution is 2.13. The average molecular weight is 223 g/mol. The van der Waals surface area contributed by atoms with Gasteiger partial charge in [-0.3, -0.25) is 0 Å². The van der Waals surface area contributed by atoms with E-state index in [9.17, 15) is 0 Å². The van der Waals surface area contributed by atoms with E-state index >= 15 is 0 Å². The van der Waals surface area contributed by atoms with Crippen LogP contribution in [0.1, 0.15) is 5.69 Å². The fourth-order valence-electron chi connectivity index (χ4n) is 1.31. The van der Waals surface area contributed by atoms with Crippen molar-refractivity contribution in [2.45, 2.75) is 6.42 Å². The molecule has 78 valence electrons. The van der Waals surface area contributed by atoms with E-state index in [1.165, 1.54) is 0 Å². The Kier molecular flexibility index (Phi) is 2.99. The summed E-state index contributed by atoms with van der Waals surface area (Å²) in [6, 6.07) is 7.46. The normalized spacial score (nSPS) is 10.5. The predicted molar refractivity (Wildman–Crippen MR) is 59.1 cm³/mol. The average Bonchev–Trinajstić information content (AvgIpc) is 2.67. The van der Waals surface area contributed by atoms with Crippen molar-refractivity contribution in [3.05, 3.63) is 41.2 Å². The molecular weight excluding hydrogens is 212 g/mol. The number of nitrogens with zero attached hydrogens (tertiary/aromatic N) is 3. The van der Waals surface area contributed by atoms with Crippen molar-refractivity contribution < 1.29 is 0 Å². The lowest BCUT2D eigenvalue weighted by Gasteiger charge is -1.99. The Labute approximate surface area is 92.7 Å². The molecule has 0 atom stereocenters. The second-order valence-electron chi connectivity index (χ2n) is 3.17. The molecular formula is C10H11ClN4. The Morgan fingerprint density at radius 2 is 2.27 bits per heavy atom. The molecule has 15 heavy (non-hydrogen) atoms. The van der Waals surface area contributed by atoms with Crippen molar-refractivity contribution in [1.29, 1.82) is 0 Å². The summed E-state index contributed by atoms with van der Waals surface area (Å²) in [6.45, 7) is 0.578. The van der Waals surface area contributed by atoms with Gasteiger partial charge >= 0.3 is 0 Å². The van der Waals surface area contributed by atoms with Crippen molar-refractivity contribution in [3.8, 4) is 5.69 Å². The molecule has 1 aromatic heterocycles. The summed E-state index contributed by atoms with van der Waals surface area (Å²) >= 11 is 5.88. The van der Waals surface area contributed by atoms with Gasteiger partial charge in [0.25, 0.3) is 0 Å². The second-order valence-corrected chi connectivity index (χ2v) is 3.61. The zero-order valence-corrected chi connectivity index (χ0v) is 8.85. The third-order valence-electron chi connectivity index (χ3n) is 2.01. The summed E-state index contributed by atoms with van der Waals surface area (Å²) in [6.07, 6.45) is 2.60. The molecule has 0 spiro atoms. The zero-order chi connectivity index (χ0) is 10.7. The molecule has 2 N–H and O–H groups in total. The van der Waals surface area contributed by atoms with Crippen molar-refractivity contribution >= 4 is 11.6 Å². The first-order chi connectivity index (χ1) is 7.29. The Balaban J connectivity index is 2.29. The van der Waals surface area contributed by atoms with Crippen LogP contribution in [-0.2, 0) is 6.42 Å². The molecule has 0 aliphatic rings. The van der Waals surface area contributed by atoms with Crippen molar-refractivity contribution in [2.75, 3.05) is 6.54 Å². The van der Waals surface area contributed by atoms with Gasteiger partial charge in [0, 0.05) is 11.4 Å². The third-order valence-corrected chi connectivity index (χ3v) is 2.25. The summed E-state index contributed by atoms with van der Waals surface area (Å²) < 4.78 is 1.69. The van der Waals surface area contributed by atoms with Gasteiger partial charge in [-0.2, -0.15) is 0 Å². The quantitative estimate of drug-likeness (QED) is 0.855. The summed E-state index contributed by atoms with van der Waals surface area (Å²) in [4.78, 5) is 0. The van der Waals surface area contributed by atoms with Crippen LogP contribution in [0.4, 0.5) is 0 Å². The maximum absolute atomic E-state index is 5.88. The van der Waals surface area contributed by atoms with E-state index in [1.54, 1.807) is 4.68 Å². The number of benzene rings is 1. The van der Waals surface area contributed by atoms with Crippen LogP contribution in [0.25, 0.3) is 5.69 Å². The number of hydrogen-bond donors (Lipinski definition) is 1. The summed E-state index contributed by atoms with van der Waals surface area (Å²) in [5, 5.41) is 8.68. The summed E-state index contributed by atoms with van der Waals surface area (Å²) in [5.74, 6) is 0. The first-order valence-corrected chi connectivity index (χ1v) is 5.04.